The Labute approximate surface area is 91.9 Å². The molecule has 2 atom stereocenters. The van der Waals surface area contributed by atoms with Gasteiger partial charge in [-0.15, -0.1) is 0 Å². The summed E-state index contributed by atoms with van der Waals surface area (Å²) in [7, 11) is 0. The molecule has 15 heavy (non-hydrogen) atoms. The molecule has 1 aliphatic heterocycles. The van der Waals surface area contributed by atoms with Crippen molar-refractivity contribution in [3.63, 3.8) is 0 Å². The lowest BCUT2D eigenvalue weighted by Gasteiger charge is -2.15. The molecule has 2 heteroatoms. The van der Waals surface area contributed by atoms with E-state index in [2.05, 4.69) is 44.3 Å². The molecular formula is C13H20N2. The number of nitrogens with one attached hydrogen (secondary N) is 1. The zero-order valence-corrected chi connectivity index (χ0v) is 9.75. The summed E-state index contributed by atoms with van der Waals surface area (Å²) in [6.45, 7) is 7.53. The number of para-hydroxylation sites is 1. The molecule has 2 unspecified atom stereocenters. The van der Waals surface area contributed by atoms with Gasteiger partial charge >= 0.3 is 0 Å². The van der Waals surface area contributed by atoms with Gasteiger partial charge in [-0.3, -0.25) is 0 Å². The fraction of sp³-hybridized carbons (Fsp3) is 0.538. The Balaban J connectivity index is 2.43. The third-order valence-corrected chi connectivity index (χ3v) is 3.28. The molecular weight excluding hydrogens is 184 g/mol. The smallest absolute Gasteiger partial charge is 0.0412 e. The summed E-state index contributed by atoms with van der Waals surface area (Å²) in [5.41, 5.74) is 10.1. The Bertz CT molecular complexity index is 356. The molecule has 1 heterocycles. The second-order valence-electron chi connectivity index (χ2n) is 4.81. The van der Waals surface area contributed by atoms with Crippen molar-refractivity contribution >= 4 is 5.69 Å². The van der Waals surface area contributed by atoms with Crippen molar-refractivity contribution in [3.8, 4) is 0 Å². The first kappa shape index (κ1) is 10.5. The third kappa shape index (κ3) is 1.74. The first-order valence-corrected chi connectivity index (χ1v) is 5.73. The second kappa shape index (κ2) is 3.86. The number of benzene rings is 1. The lowest BCUT2D eigenvalue weighted by atomic mass is 9.91. The first-order chi connectivity index (χ1) is 7.11. The van der Waals surface area contributed by atoms with E-state index in [-0.39, 0.29) is 6.04 Å². The molecule has 0 aromatic heterocycles. The standard InChI is InChI=1S/C13H20N2/c1-8(2)10-5-4-6-11-12(9(3)14)7-15-13(10)11/h4-6,8-9,12,15H,7,14H2,1-3H3. The van der Waals surface area contributed by atoms with Crippen LogP contribution in [0.15, 0.2) is 18.2 Å². The van der Waals surface area contributed by atoms with Gasteiger partial charge < -0.3 is 11.1 Å². The fourth-order valence-electron chi connectivity index (χ4n) is 2.37. The van der Waals surface area contributed by atoms with Crippen LogP contribution >= 0.6 is 0 Å². The van der Waals surface area contributed by atoms with Crippen LogP contribution in [0.2, 0.25) is 0 Å². The van der Waals surface area contributed by atoms with Crippen LogP contribution in [-0.2, 0) is 0 Å². The van der Waals surface area contributed by atoms with Crippen LogP contribution < -0.4 is 11.1 Å². The predicted octanol–water partition coefficient (Wildman–Crippen LogP) is 2.67. The maximum Gasteiger partial charge on any atom is 0.0412 e. The molecule has 0 saturated carbocycles. The van der Waals surface area contributed by atoms with Gasteiger partial charge in [-0.2, -0.15) is 0 Å². The van der Waals surface area contributed by atoms with Crippen molar-refractivity contribution in [1.29, 1.82) is 0 Å². The van der Waals surface area contributed by atoms with E-state index in [0.717, 1.165) is 6.54 Å². The number of anilines is 1. The third-order valence-electron chi connectivity index (χ3n) is 3.28. The lowest BCUT2D eigenvalue weighted by molar-refractivity contribution is 0.610. The van der Waals surface area contributed by atoms with Crippen LogP contribution in [0.3, 0.4) is 0 Å². The van der Waals surface area contributed by atoms with E-state index < -0.39 is 0 Å². The SMILES string of the molecule is CC(C)c1cccc2c1NCC2C(C)N. The van der Waals surface area contributed by atoms with Crippen molar-refractivity contribution in [1.82, 2.24) is 0 Å². The van der Waals surface area contributed by atoms with Gasteiger partial charge in [-0.25, -0.2) is 0 Å². The van der Waals surface area contributed by atoms with Gasteiger partial charge in [-0.1, -0.05) is 32.0 Å². The number of fused-ring (bicyclic) bond motifs is 1. The molecule has 3 N–H and O–H groups in total. The van der Waals surface area contributed by atoms with Crippen molar-refractivity contribution in [2.45, 2.75) is 38.6 Å². The van der Waals surface area contributed by atoms with Crippen LogP contribution in [0.1, 0.15) is 43.7 Å². The topological polar surface area (TPSA) is 38.0 Å². The largest absolute Gasteiger partial charge is 0.384 e. The Morgan fingerprint density at radius 3 is 2.67 bits per heavy atom. The summed E-state index contributed by atoms with van der Waals surface area (Å²) in [6.07, 6.45) is 0. The summed E-state index contributed by atoms with van der Waals surface area (Å²) in [4.78, 5) is 0. The number of hydrogen-bond acceptors (Lipinski definition) is 2. The first-order valence-electron chi connectivity index (χ1n) is 5.73. The summed E-state index contributed by atoms with van der Waals surface area (Å²) < 4.78 is 0. The fourth-order valence-corrected chi connectivity index (χ4v) is 2.37. The van der Waals surface area contributed by atoms with E-state index >= 15 is 0 Å². The van der Waals surface area contributed by atoms with E-state index in [1.54, 1.807) is 0 Å². The van der Waals surface area contributed by atoms with E-state index in [9.17, 15) is 0 Å². The van der Waals surface area contributed by atoms with Gasteiger partial charge in [0.25, 0.3) is 0 Å². The summed E-state index contributed by atoms with van der Waals surface area (Å²) >= 11 is 0. The van der Waals surface area contributed by atoms with Crippen LogP contribution in [0.4, 0.5) is 5.69 Å². The highest BCUT2D eigenvalue weighted by atomic mass is 14.9. The minimum atomic E-state index is 0.223. The van der Waals surface area contributed by atoms with Crippen LogP contribution in [0.5, 0.6) is 0 Å². The van der Waals surface area contributed by atoms with E-state index in [4.69, 9.17) is 5.73 Å². The van der Waals surface area contributed by atoms with Gasteiger partial charge in [-0.05, 0) is 24.0 Å². The summed E-state index contributed by atoms with van der Waals surface area (Å²) in [5.74, 6) is 1.04. The summed E-state index contributed by atoms with van der Waals surface area (Å²) in [6, 6.07) is 6.78. The van der Waals surface area contributed by atoms with Gasteiger partial charge in [0.1, 0.15) is 0 Å². The highest BCUT2D eigenvalue weighted by Crippen LogP contribution is 2.38. The van der Waals surface area contributed by atoms with Crippen molar-refractivity contribution in [3.05, 3.63) is 29.3 Å². The molecule has 1 aromatic carbocycles. The molecule has 2 nitrogen and oxygen atoms in total. The molecule has 0 spiro atoms. The molecule has 1 aromatic rings. The predicted molar refractivity (Wildman–Crippen MR) is 65.4 cm³/mol. The van der Waals surface area contributed by atoms with Crippen molar-refractivity contribution in [2.24, 2.45) is 5.73 Å². The van der Waals surface area contributed by atoms with Gasteiger partial charge in [0.2, 0.25) is 0 Å². The van der Waals surface area contributed by atoms with Crippen LogP contribution in [0, 0.1) is 0 Å². The molecule has 0 fully saturated rings. The zero-order chi connectivity index (χ0) is 11.0. The minimum Gasteiger partial charge on any atom is -0.384 e. The van der Waals surface area contributed by atoms with Gasteiger partial charge in [0, 0.05) is 24.2 Å². The van der Waals surface area contributed by atoms with E-state index in [1.165, 1.54) is 16.8 Å². The van der Waals surface area contributed by atoms with Gasteiger partial charge in [0.05, 0.1) is 0 Å². The highest BCUT2D eigenvalue weighted by molar-refractivity contribution is 5.64. The summed E-state index contributed by atoms with van der Waals surface area (Å²) in [5, 5.41) is 3.50. The Kier molecular flexibility index (Phi) is 2.70. The molecule has 82 valence electrons. The molecule has 0 saturated heterocycles. The average Bonchev–Trinajstić information content (AvgIpc) is 2.59. The van der Waals surface area contributed by atoms with Gasteiger partial charge in [0.15, 0.2) is 0 Å². The normalized spacial score (nSPS) is 21.3. The highest BCUT2D eigenvalue weighted by Gasteiger charge is 2.27. The Hall–Kier alpha value is -1.02. The van der Waals surface area contributed by atoms with Crippen LogP contribution in [0.25, 0.3) is 0 Å². The van der Waals surface area contributed by atoms with Crippen molar-refractivity contribution < 1.29 is 0 Å². The Morgan fingerprint density at radius 1 is 1.33 bits per heavy atom. The number of rotatable bonds is 2. The number of hydrogen-bond donors (Lipinski definition) is 2. The average molecular weight is 204 g/mol. The molecule has 0 radical (unpaired) electrons. The monoisotopic (exact) mass is 204 g/mol. The molecule has 1 aliphatic rings. The molecule has 0 amide bonds. The quantitative estimate of drug-likeness (QED) is 0.777. The van der Waals surface area contributed by atoms with Crippen molar-refractivity contribution in [2.75, 3.05) is 11.9 Å². The van der Waals surface area contributed by atoms with E-state index in [0.29, 0.717) is 11.8 Å². The minimum absolute atomic E-state index is 0.223. The molecule has 0 aliphatic carbocycles. The molecule has 2 rings (SSSR count). The van der Waals surface area contributed by atoms with Crippen LogP contribution in [-0.4, -0.2) is 12.6 Å². The Morgan fingerprint density at radius 2 is 2.07 bits per heavy atom. The maximum absolute atomic E-state index is 6.00. The zero-order valence-electron chi connectivity index (χ0n) is 9.75. The lowest BCUT2D eigenvalue weighted by Crippen LogP contribution is -2.25. The number of nitrogens with two attached hydrogens (primary N) is 1. The van der Waals surface area contributed by atoms with E-state index in [1.807, 2.05) is 0 Å². The molecule has 0 bridgehead atoms. The second-order valence-corrected chi connectivity index (χ2v) is 4.81. The maximum atomic E-state index is 6.00.